The van der Waals surface area contributed by atoms with E-state index in [1.807, 2.05) is 6.49 Å². The van der Waals surface area contributed by atoms with E-state index < -0.39 is 21.3 Å². The summed E-state index contributed by atoms with van der Waals surface area (Å²) < 4.78 is 5.39. The molecule has 0 amide bonds. The number of halogens is 2. The van der Waals surface area contributed by atoms with E-state index in [4.69, 9.17) is 0 Å². The molecule has 32 heavy (non-hydrogen) atoms. The maximum atomic E-state index is 2.46. The van der Waals surface area contributed by atoms with E-state index in [9.17, 15) is 0 Å². The van der Waals surface area contributed by atoms with Crippen LogP contribution in [0.4, 0.5) is 0 Å². The van der Waals surface area contributed by atoms with Crippen molar-refractivity contribution in [2.45, 2.75) is 47.0 Å². The molecule has 0 aliphatic heterocycles. The zero-order chi connectivity index (χ0) is 21.1. The third-order valence-corrected chi connectivity index (χ3v) is 15.3. The number of hydrogen-bond donors (Lipinski definition) is 0. The molecule has 168 valence electrons. The van der Waals surface area contributed by atoms with E-state index in [2.05, 4.69) is 107 Å². The molecule has 2 aromatic rings. The minimum absolute atomic E-state index is 0. The molecule has 0 radical (unpaired) electrons. The van der Waals surface area contributed by atoms with Gasteiger partial charge in [-0.3, -0.25) is 0 Å². The number of allylic oxidation sites excluding steroid dienone is 8. The van der Waals surface area contributed by atoms with Gasteiger partial charge in [-0.1, -0.05) is 0 Å². The Labute approximate surface area is 214 Å². The fourth-order valence-corrected chi connectivity index (χ4v) is 14.1. The minimum atomic E-state index is -2.20. The van der Waals surface area contributed by atoms with E-state index in [-0.39, 0.29) is 24.8 Å². The molecule has 1 atom stereocenters. The molecule has 2 aliphatic carbocycles. The molecule has 0 nitrogen and oxygen atoms in total. The van der Waals surface area contributed by atoms with Crippen molar-refractivity contribution in [2.75, 3.05) is 0 Å². The Morgan fingerprint density at radius 3 is 1.75 bits per heavy atom. The summed E-state index contributed by atoms with van der Waals surface area (Å²) in [6.45, 7) is 9.54. The summed E-state index contributed by atoms with van der Waals surface area (Å²) in [6.07, 6.45) is 10.5. The van der Waals surface area contributed by atoms with Gasteiger partial charge < -0.3 is 0 Å². The fraction of sp³-hybridized carbons (Fsp3) is 0.276. The van der Waals surface area contributed by atoms with Crippen LogP contribution in [0.25, 0.3) is 0 Å². The van der Waals surface area contributed by atoms with Crippen molar-refractivity contribution >= 4 is 28.0 Å². The van der Waals surface area contributed by atoms with E-state index >= 15 is 0 Å². The molecule has 0 fully saturated rings. The third kappa shape index (κ3) is 5.80. The first kappa shape index (κ1) is 27.0. The monoisotopic (exact) mass is 542 g/mol. The molecule has 0 spiro atoms. The van der Waals surface area contributed by atoms with E-state index in [1.54, 1.807) is 20.0 Å². The van der Waals surface area contributed by atoms with Crippen LogP contribution >= 0.6 is 24.8 Å². The van der Waals surface area contributed by atoms with Crippen molar-refractivity contribution in [1.82, 2.24) is 0 Å². The molecule has 0 bridgehead atoms. The second kappa shape index (κ2) is 12.3. The molecule has 0 aromatic heterocycles. The van der Waals surface area contributed by atoms with E-state index in [0.717, 1.165) is 19.3 Å². The average Bonchev–Trinajstić information content (AvgIpc) is 3.36. The predicted octanol–water partition coefficient (Wildman–Crippen LogP) is 8.21. The second-order valence-electron chi connectivity index (χ2n) is 8.70. The molecule has 0 saturated heterocycles. The van der Waals surface area contributed by atoms with Crippen LogP contribution in [0.3, 0.4) is 0 Å². The molecular formula is C29H34Cl2Zr. The van der Waals surface area contributed by atoms with Gasteiger partial charge in [-0.2, -0.15) is 0 Å². The molecule has 1 unspecified atom stereocenters. The Morgan fingerprint density at radius 2 is 1.34 bits per heavy atom. The molecule has 4 rings (SSSR count). The van der Waals surface area contributed by atoms with Crippen molar-refractivity contribution in [1.29, 1.82) is 0 Å². The van der Waals surface area contributed by atoms with Crippen molar-refractivity contribution in [3.05, 3.63) is 113 Å². The fourth-order valence-electron chi connectivity index (χ4n) is 4.91. The first-order valence-corrected chi connectivity index (χ1v) is 14.8. The summed E-state index contributed by atoms with van der Waals surface area (Å²) in [4.78, 5) is 0. The van der Waals surface area contributed by atoms with Gasteiger partial charge in [-0.05, 0) is 0 Å². The van der Waals surface area contributed by atoms with Crippen LogP contribution in [0.1, 0.15) is 45.2 Å². The van der Waals surface area contributed by atoms with Gasteiger partial charge >= 0.3 is 191 Å². The van der Waals surface area contributed by atoms with Crippen molar-refractivity contribution < 1.29 is 21.3 Å². The van der Waals surface area contributed by atoms with Crippen LogP contribution in [-0.2, 0) is 34.1 Å². The van der Waals surface area contributed by atoms with Gasteiger partial charge in [0.2, 0.25) is 0 Å². The second-order valence-corrected chi connectivity index (χ2v) is 15.2. The Kier molecular flexibility index (Phi) is 10.3. The Bertz CT molecular complexity index is 1040. The largest absolute Gasteiger partial charge is 0.147 e. The first-order chi connectivity index (χ1) is 14.6. The molecule has 0 saturated carbocycles. The minimum Gasteiger partial charge on any atom is -0.147 e. The van der Waals surface area contributed by atoms with Crippen LogP contribution in [0.15, 0.2) is 102 Å². The van der Waals surface area contributed by atoms with Gasteiger partial charge in [0.15, 0.2) is 0 Å². The molecule has 2 aliphatic rings. The van der Waals surface area contributed by atoms with Gasteiger partial charge in [-0.25, -0.2) is 0 Å². The zero-order valence-electron chi connectivity index (χ0n) is 19.5. The summed E-state index contributed by atoms with van der Waals surface area (Å²) in [5, 5.41) is 0. The molecule has 0 heterocycles. The predicted molar refractivity (Wildman–Crippen MR) is 142 cm³/mol. The van der Waals surface area contributed by atoms with Gasteiger partial charge in [0.25, 0.3) is 0 Å². The summed E-state index contributed by atoms with van der Waals surface area (Å²) in [5.74, 6) is 0.599. The van der Waals surface area contributed by atoms with Gasteiger partial charge in [0.1, 0.15) is 0 Å². The Morgan fingerprint density at radius 1 is 0.812 bits per heavy atom. The van der Waals surface area contributed by atoms with Crippen LogP contribution in [0.2, 0.25) is 0 Å². The first-order valence-electron chi connectivity index (χ1n) is 11.1. The van der Waals surface area contributed by atoms with Crippen molar-refractivity contribution in [3.8, 4) is 0 Å². The summed E-state index contributed by atoms with van der Waals surface area (Å²) >= 11 is -2.20. The summed E-state index contributed by atoms with van der Waals surface area (Å²) in [7, 11) is 0. The van der Waals surface area contributed by atoms with Crippen LogP contribution < -0.4 is 0 Å². The molecular weight excluding hydrogens is 510 g/mol. The topological polar surface area (TPSA) is 0 Å². The van der Waals surface area contributed by atoms with Gasteiger partial charge in [0, 0.05) is 0 Å². The maximum Gasteiger partial charge on any atom is -0.147 e. The molecule has 2 aromatic carbocycles. The Hall–Kier alpha value is -1.27. The third-order valence-electron chi connectivity index (χ3n) is 6.88. The maximum absolute atomic E-state index is 2.46. The molecule has 3 heteroatoms. The van der Waals surface area contributed by atoms with E-state index in [0.29, 0.717) is 5.92 Å². The van der Waals surface area contributed by atoms with Crippen molar-refractivity contribution in [2.24, 2.45) is 5.92 Å². The molecule has 0 N–H and O–H groups in total. The van der Waals surface area contributed by atoms with Crippen LogP contribution in [0.5, 0.6) is 0 Å². The zero-order valence-corrected chi connectivity index (χ0v) is 23.6. The van der Waals surface area contributed by atoms with Gasteiger partial charge in [-0.15, -0.1) is 24.8 Å². The standard InChI is InChI=1S/C15H14.C9H13.C5H5.2ClH.Zr/c1-3-8-14(9-4-1)12-7-13-15-10-5-2-6-11-15;1-6-5-7(2)9(4)8(6)3;1-2-4-5-3-1;;;/h1-6,8-11H,12-13H2;6H,1-4H3;1-3H,4H2;2*1H;. The number of rotatable bonds is 6. The smallest absolute Gasteiger partial charge is 0.147 e. The summed E-state index contributed by atoms with van der Waals surface area (Å²) in [5.41, 5.74) is 7.64. The normalized spacial score (nSPS) is 17.1. The van der Waals surface area contributed by atoms with E-state index in [1.165, 1.54) is 11.1 Å². The number of hydrogen-bond acceptors (Lipinski definition) is 0. The van der Waals surface area contributed by atoms with Crippen LogP contribution in [-0.4, -0.2) is 3.21 Å². The quantitative estimate of drug-likeness (QED) is 0.344. The Balaban J connectivity index is 0.00000181. The van der Waals surface area contributed by atoms with Crippen molar-refractivity contribution in [3.63, 3.8) is 0 Å². The van der Waals surface area contributed by atoms with Gasteiger partial charge in [0.05, 0.1) is 0 Å². The average molecular weight is 545 g/mol. The summed E-state index contributed by atoms with van der Waals surface area (Å²) in [6, 6.07) is 22.2. The SMILES string of the molecule is CC1=C(C)C(C)[C]([Zr]([C]2=CC=CC2)=[C](Cc2ccccc2)Cc2ccccc2)=C1C.Cl.Cl. The number of benzene rings is 2. The van der Waals surface area contributed by atoms with Crippen LogP contribution in [0, 0.1) is 5.92 Å².